The zero-order valence-electron chi connectivity index (χ0n) is 14.9. The first-order valence-electron chi connectivity index (χ1n) is 8.58. The maximum atomic E-state index is 11.8. The molecule has 138 valence electrons. The molecule has 2 atom stereocenters. The van der Waals surface area contributed by atoms with Gasteiger partial charge in [-0.05, 0) is 18.1 Å². The zero-order valence-corrected chi connectivity index (χ0v) is 15.7. The molecule has 1 aliphatic heterocycles. The Hall–Kier alpha value is -2.18. The van der Waals surface area contributed by atoms with Crippen molar-refractivity contribution >= 4 is 15.8 Å². The molecular weight excluding hydrogens is 350 g/mol. The first-order valence-corrected chi connectivity index (χ1v) is 10.6. The van der Waals surface area contributed by atoms with Gasteiger partial charge in [0.1, 0.15) is 11.9 Å². The fourth-order valence-corrected chi connectivity index (χ4v) is 3.84. The third-order valence-electron chi connectivity index (χ3n) is 4.68. The van der Waals surface area contributed by atoms with Crippen LogP contribution in [0.4, 0.5) is 0 Å². The van der Waals surface area contributed by atoms with Gasteiger partial charge in [0.25, 0.3) is 0 Å². The molecule has 6 heteroatoms. The van der Waals surface area contributed by atoms with Gasteiger partial charge in [-0.3, -0.25) is 9.69 Å². The first kappa shape index (κ1) is 18.6. The summed E-state index contributed by atoms with van der Waals surface area (Å²) in [5, 5.41) is 0. The summed E-state index contributed by atoms with van der Waals surface area (Å²) in [4.78, 5) is 14.1. The molecule has 2 aromatic carbocycles. The van der Waals surface area contributed by atoms with Crippen molar-refractivity contribution in [3.63, 3.8) is 0 Å². The second-order valence-electron chi connectivity index (χ2n) is 6.76. The number of benzene rings is 2. The maximum Gasteiger partial charge on any atom is 0.321 e. The van der Waals surface area contributed by atoms with Crippen molar-refractivity contribution in [1.29, 1.82) is 0 Å². The Labute approximate surface area is 154 Å². The number of carbonyl (C=O) groups is 1. The Balaban J connectivity index is 1.75. The summed E-state index contributed by atoms with van der Waals surface area (Å²) < 4.78 is 27.9. The number of esters is 1. The summed E-state index contributed by atoms with van der Waals surface area (Å²) in [5.74, 6) is -1.25. The highest BCUT2D eigenvalue weighted by atomic mass is 32.2. The average molecular weight is 373 g/mol. The maximum absolute atomic E-state index is 11.8. The molecule has 0 amide bonds. The van der Waals surface area contributed by atoms with Crippen LogP contribution in [0.25, 0.3) is 0 Å². The van der Waals surface area contributed by atoms with Gasteiger partial charge in [0, 0.05) is 18.8 Å². The first-order chi connectivity index (χ1) is 12.3. The van der Waals surface area contributed by atoms with E-state index in [1.165, 1.54) is 11.1 Å². The average Bonchev–Trinajstić information content (AvgIpc) is 2.60. The lowest BCUT2D eigenvalue weighted by Gasteiger charge is -2.49. The molecule has 1 heterocycles. The summed E-state index contributed by atoms with van der Waals surface area (Å²) >= 11 is 0. The normalized spacial score (nSPS) is 20.6. The predicted molar refractivity (Wildman–Crippen MR) is 100 cm³/mol. The fourth-order valence-electron chi connectivity index (χ4n) is 3.34. The molecule has 0 aliphatic carbocycles. The van der Waals surface area contributed by atoms with Crippen molar-refractivity contribution < 1.29 is 17.9 Å². The van der Waals surface area contributed by atoms with E-state index in [1.54, 1.807) is 0 Å². The Bertz CT molecular complexity index is 812. The molecule has 0 bridgehead atoms. The van der Waals surface area contributed by atoms with Crippen LogP contribution in [0.5, 0.6) is 0 Å². The van der Waals surface area contributed by atoms with E-state index in [4.69, 9.17) is 4.74 Å². The Morgan fingerprint density at radius 1 is 1.08 bits per heavy atom. The standard InChI is InChI=1S/C20H23NO4S/c1-15-18(25-19(22)14-26(2,23)24)13-21(15)20(16-9-5-3-6-10-16)17-11-7-4-8-12-17/h3-12,15,18,20H,13-14H2,1-2H3/t15-,18+/m1/s1. The highest BCUT2D eigenvalue weighted by Crippen LogP contribution is 2.36. The summed E-state index contributed by atoms with van der Waals surface area (Å²) in [7, 11) is -3.37. The highest BCUT2D eigenvalue weighted by Gasteiger charge is 2.43. The van der Waals surface area contributed by atoms with Crippen LogP contribution in [0.3, 0.4) is 0 Å². The number of ether oxygens (including phenoxy) is 1. The fraction of sp³-hybridized carbons (Fsp3) is 0.350. The van der Waals surface area contributed by atoms with Crippen LogP contribution in [0, 0.1) is 0 Å². The van der Waals surface area contributed by atoms with Gasteiger partial charge < -0.3 is 4.74 Å². The molecule has 1 fully saturated rings. The minimum atomic E-state index is -3.37. The molecule has 5 nitrogen and oxygen atoms in total. The Morgan fingerprint density at radius 2 is 1.58 bits per heavy atom. The quantitative estimate of drug-likeness (QED) is 0.728. The van der Waals surface area contributed by atoms with Crippen LogP contribution in [0.15, 0.2) is 60.7 Å². The van der Waals surface area contributed by atoms with Gasteiger partial charge in [0.15, 0.2) is 9.84 Å². The van der Waals surface area contributed by atoms with E-state index in [1.807, 2.05) is 43.3 Å². The zero-order chi connectivity index (χ0) is 18.7. The molecule has 26 heavy (non-hydrogen) atoms. The molecule has 0 unspecified atom stereocenters. The van der Waals surface area contributed by atoms with Crippen molar-refractivity contribution in [2.45, 2.75) is 25.1 Å². The molecule has 3 rings (SSSR count). The van der Waals surface area contributed by atoms with E-state index in [2.05, 4.69) is 29.2 Å². The van der Waals surface area contributed by atoms with E-state index in [9.17, 15) is 13.2 Å². The van der Waals surface area contributed by atoms with E-state index in [-0.39, 0.29) is 18.2 Å². The third kappa shape index (κ3) is 4.31. The van der Waals surface area contributed by atoms with Crippen LogP contribution in [0.2, 0.25) is 0 Å². The molecule has 2 aromatic rings. The van der Waals surface area contributed by atoms with Gasteiger partial charge in [-0.25, -0.2) is 8.42 Å². The highest BCUT2D eigenvalue weighted by molar-refractivity contribution is 7.91. The van der Waals surface area contributed by atoms with Gasteiger partial charge in [-0.2, -0.15) is 0 Å². The lowest BCUT2D eigenvalue weighted by molar-refractivity contribution is -0.163. The summed E-state index contributed by atoms with van der Waals surface area (Å²) in [5.41, 5.74) is 2.35. The van der Waals surface area contributed by atoms with Gasteiger partial charge in [-0.15, -0.1) is 0 Å². The number of hydrogen-bond acceptors (Lipinski definition) is 5. The number of sulfone groups is 1. The summed E-state index contributed by atoms with van der Waals surface area (Å²) in [6.45, 7) is 2.58. The third-order valence-corrected chi connectivity index (χ3v) is 5.44. The second-order valence-corrected chi connectivity index (χ2v) is 8.90. The molecule has 1 aliphatic rings. The number of hydrogen-bond donors (Lipinski definition) is 0. The molecular formula is C20H23NO4S. The second kappa shape index (κ2) is 7.60. The van der Waals surface area contributed by atoms with Gasteiger partial charge in [0.05, 0.1) is 6.04 Å². The summed E-state index contributed by atoms with van der Waals surface area (Å²) in [6.07, 6.45) is 0.741. The SMILES string of the molecule is C[C@@H]1[C@@H](OC(=O)CS(C)(=O)=O)CN1C(c1ccccc1)c1ccccc1. The topological polar surface area (TPSA) is 63.7 Å². The Morgan fingerprint density at radius 3 is 2.00 bits per heavy atom. The lowest BCUT2D eigenvalue weighted by Crippen LogP contribution is -2.61. The van der Waals surface area contributed by atoms with Crippen molar-refractivity contribution in [2.75, 3.05) is 18.6 Å². The largest absolute Gasteiger partial charge is 0.459 e. The van der Waals surface area contributed by atoms with Crippen molar-refractivity contribution in [2.24, 2.45) is 0 Å². The number of rotatable bonds is 6. The number of likely N-dealkylation sites (tertiary alicyclic amines) is 1. The minimum absolute atomic E-state index is 0.00363. The molecule has 0 aromatic heterocycles. The molecule has 0 radical (unpaired) electrons. The molecule has 1 saturated heterocycles. The van der Waals surface area contributed by atoms with E-state index in [0.29, 0.717) is 6.54 Å². The van der Waals surface area contributed by atoms with E-state index in [0.717, 1.165) is 6.26 Å². The van der Waals surface area contributed by atoms with Crippen LogP contribution in [0.1, 0.15) is 24.1 Å². The monoisotopic (exact) mass is 373 g/mol. The minimum Gasteiger partial charge on any atom is -0.459 e. The van der Waals surface area contributed by atoms with Crippen LogP contribution in [-0.4, -0.2) is 50.0 Å². The Kier molecular flexibility index (Phi) is 5.44. The molecule has 0 saturated carbocycles. The van der Waals surface area contributed by atoms with E-state index >= 15 is 0 Å². The summed E-state index contributed by atoms with van der Waals surface area (Å²) in [6, 6.07) is 20.5. The van der Waals surface area contributed by atoms with Crippen molar-refractivity contribution in [3.8, 4) is 0 Å². The van der Waals surface area contributed by atoms with Crippen LogP contribution >= 0.6 is 0 Å². The van der Waals surface area contributed by atoms with Crippen LogP contribution in [-0.2, 0) is 19.4 Å². The van der Waals surface area contributed by atoms with Crippen molar-refractivity contribution in [3.05, 3.63) is 71.8 Å². The number of nitrogens with zero attached hydrogens (tertiary/aromatic N) is 1. The van der Waals surface area contributed by atoms with Crippen LogP contribution < -0.4 is 0 Å². The molecule has 0 spiro atoms. The van der Waals surface area contributed by atoms with Gasteiger partial charge >= 0.3 is 5.97 Å². The van der Waals surface area contributed by atoms with Gasteiger partial charge in [0.2, 0.25) is 0 Å². The predicted octanol–water partition coefficient (Wildman–Crippen LogP) is 2.44. The smallest absolute Gasteiger partial charge is 0.321 e. The number of carbonyl (C=O) groups excluding carboxylic acids is 1. The van der Waals surface area contributed by atoms with Crippen molar-refractivity contribution in [1.82, 2.24) is 4.90 Å². The molecule has 0 N–H and O–H groups in total. The van der Waals surface area contributed by atoms with E-state index < -0.39 is 21.6 Å². The lowest BCUT2D eigenvalue weighted by atomic mass is 9.90. The van der Waals surface area contributed by atoms with Gasteiger partial charge in [-0.1, -0.05) is 60.7 Å².